The van der Waals surface area contributed by atoms with Gasteiger partial charge in [0.15, 0.2) is 0 Å². The number of benzene rings is 1. The summed E-state index contributed by atoms with van der Waals surface area (Å²) in [5.74, 6) is -0.907. The predicted octanol–water partition coefficient (Wildman–Crippen LogP) is 3.66. The molecule has 1 aromatic carbocycles. The highest BCUT2D eigenvalue weighted by molar-refractivity contribution is 7.18. The van der Waals surface area contributed by atoms with Crippen LogP contribution in [0.2, 0.25) is 5.02 Å². The molecule has 1 fully saturated rings. The van der Waals surface area contributed by atoms with E-state index in [0.29, 0.717) is 15.4 Å². The van der Waals surface area contributed by atoms with E-state index < -0.39 is 11.9 Å². The van der Waals surface area contributed by atoms with Crippen molar-refractivity contribution in [3.05, 3.63) is 51.1 Å². The van der Waals surface area contributed by atoms with Gasteiger partial charge in [0.1, 0.15) is 5.82 Å². The SMILES string of the molecule is Cc1cc(NC(=O)C2CC2)sc1C(=O)NCC(O)c1ccc(Cl)c(F)c1. The number of thiophene rings is 1. The van der Waals surface area contributed by atoms with E-state index in [4.69, 9.17) is 11.6 Å². The molecule has 138 valence electrons. The van der Waals surface area contributed by atoms with Crippen molar-refractivity contribution in [3.63, 3.8) is 0 Å². The summed E-state index contributed by atoms with van der Waals surface area (Å²) >= 11 is 6.81. The number of hydrogen-bond donors (Lipinski definition) is 3. The maximum Gasteiger partial charge on any atom is 0.261 e. The molecule has 3 N–H and O–H groups in total. The number of halogens is 2. The quantitative estimate of drug-likeness (QED) is 0.697. The fraction of sp³-hybridized carbons (Fsp3) is 0.333. The van der Waals surface area contributed by atoms with Crippen LogP contribution in [0.5, 0.6) is 0 Å². The standard InChI is InChI=1S/C18H18ClFN2O3S/c1-9-6-15(22-17(24)10-2-3-10)26-16(9)18(25)21-8-14(23)11-4-5-12(19)13(20)7-11/h4-7,10,14,23H,2-3,8H2,1H3,(H,21,25)(H,22,24). The normalized spacial score (nSPS) is 14.8. The zero-order valence-corrected chi connectivity index (χ0v) is 15.6. The summed E-state index contributed by atoms with van der Waals surface area (Å²) in [7, 11) is 0. The van der Waals surface area contributed by atoms with Gasteiger partial charge in [-0.25, -0.2) is 4.39 Å². The number of aryl methyl sites for hydroxylation is 1. The van der Waals surface area contributed by atoms with Crippen LogP contribution < -0.4 is 10.6 Å². The zero-order valence-electron chi connectivity index (χ0n) is 14.0. The molecule has 1 aromatic heterocycles. The average Bonchev–Trinajstić information content (AvgIpc) is 3.39. The molecule has 2 amide bonds. The maximum atomic E-state index is 13.5. The molecule has 1 atom stereocenters. The Morgan fingerprint density at radius 1 is 1.38 bits per heavy atom. The highest BCUT2D eigenvalue weighted by Gasteiger charge is 2.30. The fourth-order valence-corrected chi connectivity index (χ4v) is 3.55. The number of carbonyl (C=O) groups excluding carboxylic acids is 2. The molecule has 1 unspecified atom stereocenters. The van der Waals surface area contributed by atoms with Crippen molar-refractivity contribution in [2.45, 2.75) is 25.9 Å². The lowest BCUT2D eigenvalue weighted by molar-refractivity contribution is -0.117. The minimum atomic E-state index is -1.06. The number of aliphatic hydroxyl groups excluding tert-OH is 1. The Bertz CT molecular complexity index is 851. The number of hydrogen-bond acceptors (Lipinski definition) is 4. The molecular formula is C18H18ClFN2O3S. The van der Waals surface area contributed by atoms with Crippen LogP contribution in [-0.4, -0.2) is 23.5 Å². The monoisotopic (exact) mass is 396 g/mol. The van der Waals surface area contributed by atoms with Crippen molar-refractivity contribution in [1.29, 1.82) is 0 Å². The second kappa shape index (κ2) is 7.73. The lowest BCUT2D eigenvalue weighted by Gasteiger charge is -2.12. The smallest absolute Gasteiger partial charge is 0.261 e. The third-order valence-electron chi connectivity index (χ3n) is 4.10. The van der Waals surface area contributed by atoms with Crippen molar-refractivity contribution >= 4 is 39.8 Å². The van der Waals surface area contributed by atoms with Gasteiger partial charge in [0.05, 0.1) is 21.0 Å². The third-order valence-corrected chi connectivity index (χ3v) is 5.56. The minimum Gasteiger partial charge on any atom is -0.387 e. The van der Waals surface area contributed by atoms with Gasteiger partial charge in [-0.1, -0.05) is 17.7 Å². The second-order valence-electron chi connectivity index (χ2n) is 6.29. The van der Waals surface area contributed by atoms with Crippen molar-refractivity contribution < 1.29 is 19.1 Å². The Kier molecular flexibility index (Phi) is 5.60. The van der Waals surface area contributed by atoms with Gasteiger partial charge in [0.2, 0.25) is 5.91 Å². The van der Waals surface area contributed by atoms with Gasteiger partial charge in [-0.2, -0.15) is 0 Å². The van der Waals surface area contributed by atoms with Gasteiger partial charge in [-0.3, -0.25) is 9.59 Å². The highest BCUT2D eigenvalue weighted by Crippen LogP contribution is 2.32. The molecular weight excluding hydrogens is 379 g/mol. The fourth-order valence-electron chi connectivity index (χ4n) is 2.45. The van der Waals surface area contributed by atoms with Crippen LogP contribution in [-0.2, 0) is 4.79 Å². The van der Waals surface area contributed by atoms with Crippen molar-refractivity contribution in [2.75, 3.05) is 11.9 Å². The Labute approximate surface area is 159 Å². The molecule has 0 radical (unpaired) electrons. The van der Waals surface area contributed by atoms with Crippen molar-refractivity contribution in [2.24, 2.45) is 5.92 Å². The first-order valence-corrected chi connectivity index (χ1v) is 9.37. The summed E-state index contributed by atoms with van der Waals surface area (Å²) in [6.07, 6.45) is 0.763. The van der Waals surface area contributed by atoms with E-state index in [2.05, 4.69) is 10.6 Å². The molecule has 0 spiro atoms. The van der Waals surface area contributed by atoms with Crippen LogP contribution in [0, 0.1) is 18.7 Å². The first-order chi connectivity index (χ1) is 12.3. The lowest BCUT2D eigenvalue weighted by atomic mass is 10.1. The van der Waals surface area contributed by atoms with E-state index in [1.165, 1.54) is 23.5 Å². The lowest BCUT2D eigenvalue weighted by Crippen LogP contribution is -2.28. The summed E-state index contributed by atoms with van der Waals surface area (Å²) in [5.41, 5.74) is 1.07. The second-order valence-corrected chi connectivity index (χ2v) is 7.75. The van der Waals surface area contributed by atoms with Gasteiger partial charge in [0.25, 0.3) is 5.91 Å². The van der Waals surface area contributed by atoms with Crippen LogP contribution in [0.3, 0.4) is 0 Å². The van der Waals surface area contributed by atoms with Gasteiger partial charge < -0.3 is 15.7 Å². The topological polar surface area (TPSA) is 78.4 Å². The highest BCUT2D eigenvalue weighted by atomic mass is 35.5. The molecule has 8 heteroatoms. The third kappa shape index (κ3) is 4.41. The number of aliphatic hydroxyl groups is 1. The Hall–Kier alpha value is -1.96. The van der Waals surface area contributed by atoms with Crippen LogP contribution >= 0.6 is 22.9 Å². The summed E-state index contributed by atoms with van der Waals surface area (Å²) in [5, 5.41) is 16.2. The molecule has 0 saturated heterocycles. The van der Waals surface area contributed by atoms with Crippen LogP contribution in [0.4, 0.5) is 9.39 Å². The first-order valence-electron chi connectivity index (χ1n) is 8.17. The van der Waals surface area contributed by atoms with Crippen molar-refractivity contribution in [1.82, 2.24) is 5.32 Å². The maximum absolute atomic E-state index is 13.5. The van der Waals surface area contributed by atoms with E-state index in [0.717, 1.165) is 24.5 Å². The Morgan fingerprint density at radius 2 is 2.12 bits per heavy atom. The summed E-state index contributed by atoms with van der Waals surface area (Å²) in [6, 6.07) is 5.76. The van der Waals surface area contributed by atoms with Gasteiger partial charge in [-0.05, 0) is 49.1 Å². The van der Waals surface area contributed by atoms with E-state index in [-0.39, 0.29) is 29.3 Å². The van der Waals surface area contributed by atoms with Crippen molar-refractivity contribution in [3.8, 4) is 0 Å². The largest absolute Gasteiger partial charge is 0.387 e. The molecule has 0 bridgehead atoms. The van der Waals surface area contributed by atoms with E-state index in [1.807, 2.05) is 0 Å². The molecule has 26 heavy (non-hydrogen) atoms. The average molecular weight is 397 g/mol. The molecule has 1 heterocycles. The van der Waals surface area contributed by atoms with Gasteiger partial charge >= 0.3 is 0 Å². The Morgan fingerprint density at radius 3 is 2.77 bits per heavy atom. The molecule has 0 aliphatic heterocycles. The van der Waals surface area contributed by atoms with E-state index >= 15 is 0 Å². The van der Waals surface area contributed by atoms with E-state index in [1.54, 1.807) is 13.0 Å². The van der Waals surface area contributed by atoms with Crippen LogP contribution in [0.25, 0.3) is 0 Å². The number of anilines is 1. The van der Waals surface area contributed by atoms with Crippen LogP contribution in [0.15, 0.2) is 24.3 Å². The summed E-state index contributed by atoms with van der Waals surface area (Å²) < 4.78 is 13.5. The zero-order chi connectivity index (χ0) is 18.8. The first kappa shape index (κ1) is 18.8. The van der Waals surface area contributed by atoms with Gasteiger partial charge in [-0.15, -0.1) is 11.3 Å². The van der Waals surface area contributed by atoms with E-state index in [9.17, 15) is 19.1 Å². The molecule has 1 saturated carbocycles. The molecule has 3 rings (SSSR count). The van der Waals surface area contributed by atoms with Gasteiger partial charge in [0, 0.05) is 12.5 Å². The molecule has 1 aliphatic carbocycles. The number of amides is 2. The predicted molar refractivity (Wildman–Crippen MR) is 99.1 cm³/mol. The number of rotatable bonds is 6. The summed E-state index contributed by atoms with van der Waals surface area (Å²) in [4.78, 5) is 24.6. The Balaban J connectivity index is 1.59. The molecule has 1 aliphatic rings. The molecule has 5 nitrogen and oxygen atoms in total. The summed E-state index contributed by atoms with van der Waals surface area (Å²) in [6.45, 7) is 1.71. The minimum absolute atomic E-state index is 0.0154. The number of nitrogens with one attached hydrogen (secondary N) is 2. The molecule has 2 aromatic rings. The number of carbonyl (C=O) groups is 2. The van der Waals surface area contributed by atoms with Crippen LogP contribution in [0.1, 0.15) is 39.7 Å².